The number of rotatable bonds is 6. The van der Waals surface area contributed by atoms with E-state index < -0.39 is 11.2 Å². The smallest absolute Gasteiger partial charge is 0.325 e. The molecule has 1 heterocycles. The molecule has 3 rings (SSSR count). The summed E-state index contributed by atoms with van der Waals surface area (Å²) < 4.78 is 5.99. The summed E-state index contributed by atoms with van der Waals surface area (Å²) in [6.45, 7) is 1.75. The summed E-state index contributed by atoms with van der Waals surface area (Å²) in [4.78, 5) is 29.2. The average molecular weight is 393 g/mol. The molecule has 0 spiro atoms. The predicted octanol–water partition coefficient (Wildman–Crippen LogP) is 3.10. The minimum atomic E-state index is -0.548. The maximum absolute atomic E-state index is 12.9. The van der Waals surface area contributed by atoms with Crippen LogP contribution in [0.2, 0.25) is 0 Å². The van der Waals surface area contributed by atoms with Crippen molar-refractivity contribution in [1.29, 1.82) is 5.26 Å². The number of carbonyl (C=O) groups is 1. The number of para-hydroxylation sites is 1. The molecule has 0 amide bonds. The fourth-order valence-electron chi connectivity index (χ4n) is 2.75. The third kappa shape index (κ3) is 4.41. The summed E-state index contributed by atoms with van der Waals surface area (Å²) in [6, 6.07) is 17.2. The van der Waals surface area contributed by atoms with Gasteiger partial charge in [0.25, 0.3) is 5.56 Å². The highest BCUT2D eigenvalue weighted by molar-refractivity contribution is 8.00. The lowest BCUT2D eigenvalue weighted by Crippen LogP contribution is -2.28. The molecular weight excluding hydrogens is 374 g/mol. The largest absolute Gasteiger partial charge is 0.468 e. The Morgan fingerprint density at radius 3 is 2.64 bits per heavy atom. The third-order valence-electron chi connectivity index (χ3n) is 4.27. The summed E-state index contributed by atoms with van der Waals surface area (Å²) in [6.07, 6.45) is 0.502. The van der Waals surface area contributed by atoms with Crippen LogP contribution in [0.15, 0.2) is 58.5 Å². The molecule has 1 aromatic heterocycles. The predicted molar refractivity (Wildman–Crippen MR) is 108 cm³/mol. The van der Waals surface area contributed by atoms with E-state index in [-0.39, 0.29) is 12.1 Å². The molecule has 0 aliphatic heterocycles. The van der Waals surface area contributed by atoms with Crippen molar-refractivity contribution < 1.29 is 9.53 Å². The number of hydrogen-bond donors (Lipinski definition) is 0. The van der Waals surface area contributed by atoms with Crippen molar-refractivity contribution in [3.63, 3.8) is 0 Å². The van der Waals surface area contributed by atoms with Gasteiger partial charge in [0.2, 0.25) is 0 Å². The molecule has 2 aromatic carbocycles. The monoisotopic (exact) mass is 393 g/mol. The molecule has 0 saturated heterocycles. The van der Waals surface area contributed by atoms with E-state index in [1.165, 1.54) is 23.4 Å². The van der Waals surface area contributed by atoms with Gasteiger partial charge in [0.15, 0.2) is 5.16 Å². The first kappa shape index (κ1) is 19.6. The average Bonchev–Trinajstić information content (AvgIpc) is 2.71. The summed E-state index contributed by atoms with van der Waals surface area (Å²) in [5, 5.41) is 9.91. The van der Waals surface area contributed by atoms with Gasteiger partial charge in [-0.1, -0.05) is 53.7 Å². The number of nitrogens with zero attached hydrogens (tertiary/aromatic N) is 3. The van der Waals surface area contributed by atoms with Crippen molar-refractivity contribution in [1.82, 2.24) is 9.55 Å². The van der Waals surface area contributed by atoms with Crippen LogP contribution >= 0.6 is 11.8 Å². The van der Waals surface area contributed by atoms with Crippen LogP contribution in [0.5, 0.6) is 0 Å². The van der Waals surface area contributed by atoms with E-state index in [0.29, 0.717) is 22.5 Å². The van der Waals surface area contributed by atoms with Crippen LogP contribution in [0, 0.1) is 18.3 Å². The highest BCUT2D eigenvalue weighted by Gasteiger charge is 2.19. The summed E-state index contributed by atoms with van der Waals surface area (Å²) >= 11 is 1.18. The Balaban J connectivity index is 1.98. The van der Waals surface area contributed by atoms with E-state index in [2.05, 4.69) is 11.1 Å². The van der Waals surface area contributed by atoms with E-state index in [1.54, 1.807) is 24.3 Å². The molecule has 0 aliphatic carbocycles. The topological polar surface area (TPSA) is 85.0 Å². The van der Waals surface area contributed by atoms with Gasteiger partial charge in [-0.25, -0.2) is 4.98 Å². The summed E-state index contributed by atoms with van der Waals surface area (Å²) in [7, 11) is 1.27. The van der Waals surface area contributed by atoms with Crippen molar-refractivity contribution in [2.24, 2.45) is 0 Å². The first-order chi connectivity index (χ1) is 13.5. The van der Waals surface area contributed by atoms with Crippen molar-refractivity contribution in [2.75, 3.05) is 7.11 Å². The standard InChI is InChI=1S/C21H19N3O3S/c1-14-7-9-15(10-8-14)11-16(12-22)28-21-23-18-6-4-3-5-17(18)20(26)24(21)13-19(25)27-2/h3-10,16H,11,13H2,1-2H3. The zero-order valence-corrected chi connectivity index (χ0v) is 16.4. The Morgan fingerprint density at radius 2 is 1.96 bits per heavy atom. The van der Waals surface area contributed by atoms with Gasteiger partial charge < -0.3 is 4.74 Å². The lowest BCUT2D eigenvalue weighted by molar-refractivity contribution is -0.141. The van der Waals surface area contributed by atoms with Crippen LogP contribution in [-0.2, 0) is 22.5 Å². The highest BCUT2D eigenvalue weighted by atomic mass is 32.2. The number of nitriles is 1. The van der Waals surface area contributed by atoms with Gasteiger partial charge >= 0.3 is 5.97 Å². The van der Waals surface area contributed by atoms with Crippen molar-refractivity contribution in [3.05, 3.63) is 70.0 Å². The first-order valence-corrected chi connectivity index (χ1v) is 9.58. The number of methoxy groups -OCH3 is 1. The summed E-state index contributed by atoms with van der Waals surface area (Å²) in [5.74, 6) is -0.548. The molecule has 1 unspecified atom stereocenters. The number of ether oxygens (including phenoxy) is 1. The molecule has 7 heteroatoms. The van der Waals surface area contributed by atoms with Gasteiger partial charge in [0.05, 0.1) is 24.1 Å². The lowest BCUT2D eigenvalue weighted by atomic mass is 10.1. The van der Waals surface area contributed by atoms with E-state index in [9.17, 15) is 14.9 Å². The molecule has 6 nitrogen and oxygen atoms in total. The van der Waals surface area contributed by atoms with Gasteiger partial charge in [0, 0.05) is 0 Å². The normalized spacial score (nSPS) is 11.8. The maximum atomic E-state index is 12.9. The number of carbonyl (C=O) groups excluding carboxylic acids is 1. The molecular formula is C21H19N3O3S. The number of fused-ring (bicyclic) bond motifs is 1. The Kier molecular flexibility index (Phi) is 6.12. The van der Waals surface area contributed by atoms with Crippen LogP contribution in [0.25, 0.3) is 10.9 Å². The number of hydrogen-bond acceptors (Lipinski definition) is 6. The lowest BCUT2D eigenvalue weighted by Gasteiger charge is -2.14. The second-order valence-electron chi connectivity index (χ2n) is 6.30. The fraction of sp³-hybridized carbons (Fsp3) is 0.238. The molecule has 3 aromatic rings. The van der Waals surface area contributed by atoms with Gasteiger partial charge in [-0.2, -0.15) is 5.26 Å². The van der Waals surface area contributed by atoms with E-state index in [1.807, 2.05) is 31.2 Å². The zero-order chi connectivity index (χ0) is 20.1. The van der Waals surface area contributed by atoms with Crippen molar-refractivity contribution in [2.45, 2.75) is 30.3 Å². The number of esters is 1. The van der Waals surface area contributed by atoms with Gasteiger partial charge in [0.1, 0.15) is 11.8 Å². The van der Waals surface area contributed by atoms with E-state index in [0.717, 1.165) is 11.1 Å². The molecule has 0 saturated carbocycles. The van der Waals surface area contributed by atoms with E-state index >= 15 is 0 Å². The number of benzene rings is 2. The number of aryl methyl sites for hydroxylation is 1. The molecule has 0 N–H and O–H groups in total. The van der Waals surface area contributed by atoms with Crippen molar-refractivity contribution in [3.8, 4) is 6.07 Å². The second kappa shape index (κ2) is 8.72. The first-order valence-electron chi connectivity index (χ1n) is 8.70. The van der Waals surface area contributed by atoms with Crippen molar-refractivity contribution >= 4 is 28.6 Å². The summed E-state index contributed by atoms with van der Waals surface area (Å²) in [5.41, 5.74) is 2.37. The quantitative estimate of drug-likeness (QED) is 0.363. The zero-order valence-electron chi connectivity index (χ0n) is 15.6. The number of thioether (sulfide) groups is 1. The fourth-order valence-corrected chi connectivity index (χ4v) is 3.76. The SMILES string of the molecule is COC(=O)Cn1c(SC(C#N)Cc2ccc(C)cc2)nc2ccccc2c1=O. The molecule has 0 fully saturated rings. The Labute approximate surface area is 166 Å². The minimum absolute atomic E-state index is 0.252. The maximum Gasteiger partial charge on any atom is 0.325 e. The van der Waals surface area contributed by atoms with Gasteiger partial charge in [-0.3, -0.25) is 14.2 Å². The van der Waals surface area contributed by atoms with Gasteiger partial charge in [-0.15, -0.1) is 0 Å². The van der Waals surface area contributed by atoms with Crippen LogP contribution in [0.1, 0.15) is 11.1 Å². The van der Waals surface area contributed by atoms with Crippen LogP contribution in [0.4, 0.5) is 0 Å². The van der Waals surface area contributed by atoms with Crippen LogP contribution in [-0.4, -0.2) is 27.9 Å². The van der Waals surface area contributed by atoms with Crippen LogP contribution < -0.4 is 5.56 Å². The highest BCUT2D eigenvalue weighted by Crippen LogP contribution is 2.25. The Hall–Kier alpha value is -3.11. The Morgan fingerprint density at radius 1 is 1.25 bits per heavy atom. The second-order valence-corrected chi connectivity index (χ2v) is 7.47. The Bertz CT molecular complexity index is 1100. The molecule has 142 valence electrons. The number of aromatic nitrogens is 2. The molecule has 0 aliphatic rings. The third-order valence-corrected chi connectivity index (χ3v) is 5.35. The molecule has 1 atom stereocenters. The van der Waals surface area contributed by atoms with Crippen LogP contribution in [0.3, 0.4) is 0 Å². The van der Waals surface area contributed by atoms with Gasteiger partial charge in [-0.05, 0) is 31.0 Å². The van der Waals surface area contributed by atoms with E-state index in [4.69, 9.17) is 4.74 Å². The molecule has 28 heavy (non-hydrogen) atoms. The molecule has 0 radical (unpaired) electrons. The minimum Gasteiger partial charge on any atom is -0.468 e. The molecule has 0 bridgehead atoms.